The van der Waals surface area contributed by atoms with Crippen LogP contribution in [0.1, 0.15) is 17.7 Å². The van der Waals surface area contributed by atoms with E-state index in [0.717, 1.165) is 22.0 Å². The monoisotopic (exact) mass is 430 g/mol. The van der Waals surface area contributed by atoms with Crippen molar-refractivity contribution < 1.29 is 13.2 Å². The fourth-order valence-corrected chi connectivity index (χ4v) is 5.96. The lowest BCUT2D eigenvalue weighted by atomic mass is 10.1. The van der Waals surface area contributed by atoms with Crippen molar-refractivity contribution >= 4 is 21.2 Å². The molecule has 0 amide bonds. The zero-order valence-electron chi connectivity index (χ0n) is 16.1. The second kappa shape index (κ2) is 8.56. The fourth-order valence-electron chi connectivity index (χ4n) is 3.44. The third-order valence-corrected chi connectivity index (χ3v) is 7.58. The topological polar surface area (TPSA) is 85.3 Å². The average Bonchev–Trinajstić information content (AvgIpc) is 3.35. The summed E-state index contributed by atoms with van der Waals surface area (Å²) in [4.78, 5) is 15.4. The highest BCUT2D eigenvalue weighted by Gasteiger charge is 2.32. The molecular formula is C20H22N4O3S2. The Bertz CT molecular complexity index is 1050. The number of aromatic nitrogens is 3. The Kier molecular flexibility index (Phi) is 5.89. The van der Waals surface area contributed by atoms with E-state index < -0.39 is 9.84 Å². The van der Waals surface area contributed by atoms with Crippen molar-refractivity contribution in [1.29, 1.82) is 0 Å². The van der Waals surface area contributed by atoms with Crippen LogP contribution in [-0.4, -0.2) is 52.9 Å². The van der Waals surface area contributed by atoms with E-state index in [1.54, 1.807) is 25.6 Å². The van der Waals surface area contributed by atoms with Gasteiger partial charge in [-0.2, -0.15) is 0 Å². The first-order valence-corrected chi connectivity index (χ1v) is 12.0. The summed E-state index contributed by atoms with van der Waals surface area (Å²) in [7, 11) is -1.33. The summed E-state index contributed by atoms with van der Waals surface area (Å²) in [6.45, 7) is 1.23. The van der Waals surface area contributed by atoms with Crippen LogP contribution >= 0.6 is 11.3 Å². The summed E-state index contributed by atoms with van der Waals surface area (Å²) in [6, 6.07) is 9.63. The van der Waals surface area contributed by atoms with E-state index in [1.165, 1.54) is 11.3 Å². The summed E-state index contributed by atoms with van der Waals surface area (Å²) in [6.07, 6.45) is 4.04. The first kappa shape index (κ1) is 19.9. The molecule has 0 radical (unpaired) electrons. The van der Waals surface area contributed by atoms with Gasteiger partial charge in [-0.15, -0.1) is 11.3 Å². The van der Waals surface area contributed by atoms with Crippen molar-refractivity contribution in [2.75, 3.05) is 18.6 Å². The number of nitrogens with zero attached hydrogens (tertiary/aromatic N) is 4. The van der Waals surface area contributed by atoms with Gasteiger partial charge in [0.2, 0.25) is 0 Å². The minimum absolute atomic E-state index is 0.0137. The normalized spacial score (nSPS) is 18.2. The summed E-state index contributed by atoms with van der Waals surface area (Å²) < 4.78 is 29.3. The van der Waals surface area contributed by atoms with Crippen molar-refractivity contribution in [3.8, 4) is 16.6 Å². The predicted octanol–water partition coefficient (Wildman–Crippen LogP) is 2.80. The van der Waals surface area contributed by atoms with E-state index in [-0.39, 0.29) is 17.5 Å². The zero-order valence-corrected chi connectivity index (χ0v) is 17.7. The van der Waals surface area contributed by atoms with Crippen LogP contribution in [0.15, 0.2) is 48.1 Å². The van der Waals surface area contributed by atoms with Crippen LogP contribution in [0.4, 0.5) is 0 Å². The number of sulfone groups is 1. The predicted molar refractivity (Wildman–Crippen MR) is 112 cm³/mol. The van der Waals surface area contributed by atoms with Crippen LogP contribution in [0.3, 0.4) is 0 Å². The van der Waals surface area contributed by atoms with Gasteiger partial charge in [-0.05, 0) is 30.2 Å². The van der Waals surface area contributed by atoms with Crippen LogP contribution in [-0.2, 0) is 22.9 Å². The van der Waals surface area contributed by atoms with E-state index in [2.05, 4.69) is 19.9 Å². The molecule has 1 atom stereocenters. The van der Waals surface area contributed by atoms with Gasteiger partial charge < -0.3 is 4.74 Å². The minimum atomic E-state index is -2.97. The molecule has 0 saturated carbocycles. The highest BCUT2D eigenvalue weighted by Crippen LogP contribution is 2.25. The maximum Gasteiger partial charge on any atom is 0.188 e. The number of ether oxygens (including phenoxy) is 1. The first-order valence-electron chi connectivity index (χ1n) is 9.31. The third-order valence-electron chi connectivity index (χ3n) is 4.94. The van der Waals surface area contributed by atoms with Gasteiger partial charge in [-0.3, -0.25) is 4.90 Å². The average molecular weight is 431 g/mol. The molecule has 3 aromatic rings. The fraction of sp³-hybridized carbons (Fsp3) is 0.350. The molecule has 0 N–H and O–H groups in total. The van der Waals surface area contributed by atoms with Crippen molar-refractivity contribution in [1.82, 2.24) is 19.9 Å². The molecule has 0 unspecified atom stereocenters. The molecule has 1 aromatic carbocycles. The standard InChI is InChI=1S/C20H22N4O3S2/c1-27-18-5-3-15(4-6-18)11-24(17-7-10-29(25,26)14-17)12-16-13-28-20(23-16)19-21-8-2-9-22-19/h2-6,8-9,13,17H,7,10-12,14H2,1H3/t17-/m1/s1. The van der Waals surface area contributed by atoms with Crippen LogP contribution in [0, 0.1) is 0 Å². The van der Waals surface area contributed by atoms with Gasteiger partial charge in [-0.25, -0.2) is 23.4 Å². The smallest absolute Gasteiger partial charge is 0.188 e. The van der Waals surface area contributed by atoms with E-state index >= 15 is 0 Å². The van der Waals surface area contributed by atoms with Crippen molar-refractivity contribution in [2.24, 2.45) is 0 Å². The molecule has 4 rings (SSSR count). The van der Waals surface area contributed by atoms with Crippen molar-refractivity contribution in [3.63, 3.8) is 0 Å². The molecule has 0 spiro atoms. The van der Waals surface area contributed by atoms with Crippen LogP contribution in [0.5, 0.6) is 5.75 Å². The lowest BCUT2D eigenvalue weighted by Gasteiger charge is -2.27. The molecule has 7 nitrogen and oxygen atoms in total. The number of hydrogen-bond acceptors (Lipinski definition) is 8. The third kappa shape index (κ3) is 4.98. The molecule has 152 valence electrons. The Hall–Kier alpha value is -2.36. The van der Waals surface area contributed by atoms with Gasteiger partial charge in [0, 0.05) is 36.9 Å². The van der Waals surface area contributed by atoms with E-state index in [9.17, 15) is 8.42 Å². The highest BCUT2D eigenvalue weighted by atomic mass is 32.2. The molecule has 2 aromatic heterocycles. The van der Waals surface area contributed by atoms with Gasteiger partial charge >= 0.3 is 0 Å². The van der Waals surface area contributed by atoms with Crippen LogP contribution in [0.2, 0.25) is 0 Å². The number of rotatable bonds is 7. The van der Waals surface area contributed by atoms with Gasteiger partial charge in [0.15, 0.2) is 20.7 Å². The SMILES string of the molecule is COc1ccc(CN(Cc2csc(-c3ncccn3)n2)[C@@H]2CCS(=O)(=O)C2)cc1. The Morgan fingerprint density at radius 3 is 2.59 bits per heavy atom. The summed E-state index contributed by atoms with van der Waals surface area (Å²) in [5.41, 5.74) is 2.01. The highest BCUT2D eigenvalue weighted by molar-refractivity contribution is 7.91. The zero-order chi connectivity index (χ0) is 20.3. The molecule has 0 bridgehead atoms. The Morgan fingerprint density at radius 2 is 1.93 bits per heavy atom. The lowest BCUT2D eigenvalue weighted by Crippen LogP contribution is -2.35. The lowest BCUT2D eigenvalue weighted by molar-refractivity contribution is 0.192. The Labute approximate surface area is 174 Å². The van der Waals surface area contributed by atoms with Gasteiger partial charge in [0.1, 0.15) is 5.75 Å². The summed E-state index contributed by atoms with van der Waals surface area (Å²) in [5, 5.41) is 2.76. The maximum absolute atomic E-state index is 12.0. The number of hydrogen-bond donors (Lipinski definition) is 0. The maximum atomic E-state index is 12.0. The number of thiazole rings is 1. The first-order chi connectivity index (χ1) is 14.0. The van der Waals surface area contributed by atoms with Crippen LogP contribution in [0.25, 0.3) is 10.8 Å². The van der Waals surface area contributed by atoms with E-state index in [1.807, 2.05) is 29.6 Å². The Morgan fingerprint density at radius 1 is 1.17 bits per heavy atom. The molecule has 9 heteroatoms. The van der Waals surface area contributed by atoms with Gasteiger partial charge in [0.05, 0.1) is 24.3 Å². The molecular weight excluding hydrogens is 408 g/mol. The molecule has 1 fully saturated rings. The van der Waals surface area contributed by atoms with E-state index in [4.69, 9.17) is 4.74 Å². The molecule has 29 heavy (non-hydrogen) atoms. The van der Waals surface area contributed by atoms with E-state index in [0.29, 0.717) is 25.3 Å². The second-order valence-electron chi connectivity index (χ2n) is 7.03. The number of benzene rings is 1. The molecule has 3 heterocycles. The Balaban J connectivity index is 1.54. The quantitative estimate of drug-likeness (QED) is 0.570. The largest absolute Gasteiger partial charge is 0.497 e. The molecule has 1 saturated heterocycles. The minimum Gasteiger partial charge on any atom is -0.497 e. The summed E-state index contributed by atoms with van der Waals surface area (Å²) in [5.74, 6) is 1.85. The van der Waals surface area contributed by atoms with Gasteiger partial charge in [0.25, 0.3) is 0 Å². The molecule has 1 aliphatic heterocycles. The molecule has 1 aliphatic rings. The van der Waals surface area contributed by atoms with Crippen molar-refractivity contribution in [3.05, 3.63) is 59.4 Å². The summed E-state index contributed by atoms with van der Waals surface area (Å²) >= 11 is 1.50. The van der Waals surface area contributed by atoms with Gasteiger partial charge in [-0.1, -0.05) is 12.1 Å². The molecule has 0 aliphatic carbocycles. The van der Waals surface area contributed by atoms with Crippen LogP contribution < -0.4 is 4.74 Å². The number of methoxy groups -OCH3 is 1. The second-order valence-corrected chi connectivity index (χ2v) is 10.1. The van der Waals surface area contributed by atoms with Crippen molar-refractivity contribution in [2.45, 2.75) is 25.6 Å².